The maximum Gasteiger partial charge on any atom is 0.305 e. The minimum Gasteiger partial charge on any atom is -0.469 e. The molecule has 1 fully saturated rings. The number of carbonyl (C=O) groups is 1. The molecular weight excluding hydrogens is 274 g/mol. The van der Waals surface area contributed by atoms with Gasteiger partial charge < -0.3 is 10.1 Å². The lowest BCUT2D eigenvalue weighted by Gasteiger charge is -2.19. The molecule has 1 heterocycles. The van der Waals surface area contributed by atoms with Gasteiger partial charge in [-0.3, -0.25) is 9.69 Å². The standard InChI is InChI=1S/C14H23N3O2S/c1-3-17(12-5-6-12)9-8-15-14-16-11(10-20-14)4-7-13(18)19-2/h10,12H,3-9H2,1-2H3,(H,15,16). The summed E-state index contributed by atoms with van der Waals surface area (Å²) in [7, 11) is 1.41. The number of rotatable bonds is 9. The molecule has 0 bridgehead atoms. The smallest absolute Gasteiger partial charge is 0.305 e. The van der Waals surface area contributed by atoms with E-state index < -0.39 is 0 Å². The molecule has 112 valence electrons. The summed E-state index contributed by atoms with van der Waals surface area (Å²) in [5, 5.41) is 6.31. The summed E-state index contributed by atoms with van der Waals surface area (Å²) in [4.78, 5) is 18.1. The predicted octanol–water partition coefficient (Wildman–Crippen LogP) is 2.14. The largest absolute Gasteiger partial charge is 0.469 e. The molecule has 0 spiro atoms. The highest BCUT2D eigenvalue weighted by molar-refractivity contribution is 7.13. The van der Waals surface area contributed by atoms with Crippen molar-refractivity contribution in [1.82, 2.24) is 9.88 Å². The van der Waals surface area contributed by atoms with Crippen molar-refractivity contribution in [2.75, 3.05) is 32.1 Å². The SMILES string of the molecule is CCN(CCNc1nc(CCC(=O)OC)cs1)C1CC1. The Morgan fingerprint density at radius 2 is 2.40 bits per heavy atom. The summed E-state index contributed by atoms with van der Waals surface area (Å²) in [6.45, 7) is 5.33. The molecule has 0 saturated heterocycles. The summed E-state index contributed by atoms with van der Waals surface area (Å²) < 4.78 is 4.63. The maximum atomic E-state index is 11.1. The van der Waals surface area contributed by atoms with E-state index in [0.717, 1.165) is 36.5 Å². The van der Waals surface area contributed by atoms with Gasteiger partial charge in [-0.1, -0.05) is 6.92 Å². The van der Waals surface area contributed by atoms with Gasteiger partial charge in [0.05, 0.1) is 19.2 Å². The van der Waals surface area contributed by atoms with Crippen LogP contribution in [0.25, 0.3) is 0 Å². The molecule has 0 amide bonds. The fourth-order valence-corrected chi connectivity index (χ4v) is 2.95. The third-order valence-electron chi connectivity index (χ3n) is 3.51. The quantitative estimate of drug-likeness (QED) is 0.708. The Morgan fingerprint density at radius 3 is 3.05 bits per heavy atom. The van der Waals surface area contributed by atoms with Gasteiger partial charge in [0.15, 0.2) is 5.13 Å². The van der Waals surface area contributed by atoms with E-state index in [0.29, 0.717) is 12.8 Å². The van der Waals surface area contributed by atoms with Crippen LogP contribution in [0.3, 0.4) is 0 Å². The first kappa shape index (κ1) is 15.3. The van der Waals surface area contributed by atoms with Crippen molar-refractivity contribution in [2.45, 2.75) is 38.6 Å². The zero-order chi connectivity index (χ0) is 14.4. The van der Waals surface area contributed by atoms with Gasteiger partial charge in [0.2, 0.25) is 0 Å². The van der Waals surface area contributed by atoms with Crippen LogP contribution in [0.1, 0.15) is 31.9 Å². The van der Waals surface area contributed by atoms with Gasteiger partial charge in [-0.15, -0.1) is 11.3 Å². The number of hydrogen-bond donors (Lipinski definition) is 1. The lowest BCUT2D eigenvalue weighted by atomic mass is 10.2. The number of likely N-dealkylation sites (N-methyl/N-ethyl adjacent to an activating group) is 1. The van der Waals surface area contributed by atoms with Crippen molar-refractivity contribution in [3.05, 3.63) is 11.1 Å². The van der Waals surface area contributed by atoms with Gasteiger partial charge in [-0.05, 0) is 19.4 Å². The van der Waals surface area contributed by atoms with Crippen molar-refractivity contribution in [1.29, 1.82) is 0 Å². The van der Waals surface area contributed by atoms with Crippen molar-refractivity contribution >= 4 is 22.4 Å². The Hall–Kier alpha value is -1.14. The van der Waals surface area contributed by atoms with Gasteiger partial charge in [0, 0.05) is 30.9 Å². The monoisotopic (exact) mass is 297 g/mol. The first-order valence-electron chi connectivity index (χ1n) is 7.22. The lowest BCUT2D eigenvalue weighted by molar-refractivity contribution is -0.140. The minimum absolute atomic E-state index is 0.185. The molecule has 6 heteroatoms. The van der Waals surface area contributed by atoms with Gasteiger partial charge in [-0.25, -0.2) is 4.98 Å². The second-order valence-corrected chi connectivity index (χ2v) is 5.86. The number of esters is 1. The first-order valence-corrected chi connectivity index (χ1v) is 8.10. The van der Waals surface area contributed by atoms with Gasteiger partial charge in [-0.2, -0.15) is 0 Å². The number of aromatic nitrogens is 1. The Labute approximate surface area is 124 Å². The summed E-state index contributed by atoms with van der Waals surface area (Å²) >= 11 is 1.60. The third kappa shape index (κ3) is 4.76. The van der Waals surface area contributed by atoms with Crippen LogP contribution in [0.5, 0.6) is 0 Å². The van der Waals surface area contributed by atoms with Gasteiger partial charge in [0.1, 0.15) is 0 Å². The van der Waals surface area contributed by atoms with E-state index in [9.17, 15) is 4.79 Å². The van der Waals surface area contributed by atoms with E-state index in [1.54, 1.807) is 11.3 Å². The van der Waals surface area contributed by atoms with Crippen LogP contribution in [-0.4, -0.2) is 48.6 Å². The van der Waals surface area contributed by atoms with Crippen LogP contribution in [-0.2, 0) is 16.0 Å². The van der Waals surface area contributed by atoms with E-state index >= 15 is 0 Å². The van der Waals surface area contributed by atoms with E-state index in [2.05, 4.69) is 26.9 Å². The normalized spacial score (nSPS) is 14.6. The summed E-state index contributed by atoms with van der Waals surface area (Å²) in [5.41, 5.74) is 0.956. The first-order chi connectivity index (χ1) is 9.72. The van der Waals surface area contributed by atoms with Gasteiger partial charge >= 0.3 is 5.97 Å². The Balaban J connectivity index is 1.68. The van der Waals surface area contributed by atoms with Crippen molar-refractivity contribution in [3.8, 4) is 0 Å². The summed E-state index contributed by atoms with van der Waals surface area (Å²) in [6.07, 6.45) is 3.74. The van der Waals surface area contributed by atoms with E-state index in [-0.39, 0.29) is 5.97 Å². The zero-order valence-corrected chi connectivity index (χ0v) is 13.0. The molecule has 1 aromatic heterocycles. The van der Waals surface area contributed by atoms with E-state index in [1.807, 2.05) is 5.38 Å². The molecule has 0 radical (unpaired) electrons. The summed E-state index contributed by atoms with van der Waals surface area (Å²) in [5.74, 6) is -0.185. The lowest BCUT2D eigenvalue weighted by Crippen LogP contribution is -2.30. The Morgan fingerprint density at radius 1 is 1.60 bits per heavy atom. The molecule has 1 aromatic rings. The molecule has 0 aliphatic heterocycles. The van der Waals surface area contributed by atoms with Crippen molar-refractivity contribution < 1.29 is 9.53 Å². The molecular formula is C14H23N3O2S. The topological polar surface area (TPSA) is 54.5 Å². The second kappa shape index (κ2) is 7.59. The summed E-state index contributed by atoms with van der Waals surface area (Å²) in [6, 6.07) is 0.814. The molecule has 20 heavy (non-hydrogen) atoms. The molecule has 1 N–H and O–H groups in total. The molecule has 0 atom stereocenters. The van der Waals surface area contributed by atoms with Crippen LogP contribution in [0.4, 0.5) is 5.13 Å². The van der Waals surface area contributed by atoms with Crippen molar-refractivity contribution in [3.63, 3.8) is 0 Å². The highest BCUT2D eigenvalue weighted by Gasteiger charge is 2.27. The number of thiazole rings is 1. The number of nitrogens with zero attached hydrogens (tertiary/aromatic N) is 2. The molecule has 1 aliphatic carbocycles. The number of hydrogen-bond acceptors (Lipinski definition) is 6. The average molecular weight is 297 g/mol. The van der Waals surface area contributed by atoms with Gasteiger partial charge in [0.25, 0.3) is 0 Å². The van der Waals surface area contributed by atoms with Crippen LogP contribution >= 0.6 is 11.3 Å². The van der Waals surface area contributed by atoms with Crippen LogP contribution in [0, 0.1) is 0 Å². The third-order valence-corrected chi connectivity index (χ3v) is 4.36. The number of methoxy groups -OCH3 is 1. The molecule has 1 aliphatic rings. The number of anilines is 1. The fraction of sp³-hybridized carbons (Fsp3) is 0.714. The van der Waals surface area contributed by atoms with E-state index in [4.69, 9.17) is 0 Å². The second-order valence-electron chi connectivity index (χ2n) is 5.01. The molecule has 0 unspecified atom stereocenters. The maximum absolute atomic E-state index is 11.1. The fourth-order valence-electron chi connectivity index (χ4n) is 2.18. The number of nitrogens with one attached hydrogen (secondary N) is 1. The van der Waals surface area contributed by atoms with Crippen LogP contribution in [0.15, 0.2) is 5.38 Å². The highest BCUT2D eigenvalue weighted by atomic mass is 32.1. The molecule has 5 nitrogen and oxygen atoms in total. The number of carbonyl (C=O) groups excluding carboxylic acids is 1. The molecule has 1 saturated carbocycles. The van der Waals surface area contributed by atoms with Crippen molar-refractivity contribution in [2.24, 2.45) is 0 Å². The van der Waals surface area contributed by atoms with Crippen LogP contribution < -0.4 is 5.32 Å². The number of aryl methyl sites for hydroxylation is 1. The number of ether oxygens (including phenoxy) is 1. The molecule has 0 aromatic carbocycles. The van der Waals surface area contributed by atoms with E-state index in [1.165, 1.54) is 20.0 Å². The predicted molar refractivity (Wildman–Crippen MR) is 81.2 cm³/mol. The minimum atomic E-state index is -0.185. The zero-order valence-electron chi connectivity index (χ0n) is 12.2. The Bertz CT molecular complexity index is 432. The average Bonchev–Trinajstić information content (AvgIpc) is 3.21. The Kier molecular flexibility index (Phi) is 5.79. The van der Waals surface area contributed by atoms with Crippen LogP contribution in [0.2, 0.25) is 0 Å². The molecule has 2 rings (SSSR count). The highest BCUT2D eigenvalue weighted by Crippen LogP contribution is 2.26.